The fourth-order valence-electron chi connectivity index (χ4n) is 1.92. The molecule has 1 atom stereocenters. The van der Waals surface area contributed by atoms with Gasteiger partial charge in [0.1, 0.15) is 4.90 Å². The molecule has 1 N–H and O–H groups in total. The molecule has 0 aliphatic rings. The van der Waals surface area contributed by atoms with Crippen LogP contribution >= 0.6 is 11.8 Å². The number of nitrogens with one attached hydrogen (secondary N) is 1. The molecule has 134 valence electrons. The van der Waals surface area contributed by atoms with E-state index in [1.165, 1.54) is 38.1 Å². The summed E-state index contributed by atoms with van der Waals surface area (Å²) in [7, 11) is -0.565. The molecule has 0 radical (unpaired) electrons. The standard InChI is InChI=1S/C17H21N3O3S2/c1-12-5-7-14(8-6-12)19-17(21)13(2)24-16-10-9-15(11-18-16)25(22,23)20(3)4/h5-11,13H,1-4H3,(H,19,21)/t13-/m0/s1. The lowest BCUT2D eigenvalue weighted by molar-refractivity contribution is -0.115. The number of aromatic nitrogens is 1. The molecule has 0 saturated carbocycles. The molecule has 25 heavy (non-hydrogen) atoms. The highest BCUT2D eigenvalue weighted by Gasteiger charge is 2.19. The fourth-order valence-corrected chi connectivity index (χ4v) is 3.55. The van der Waals surface area contributed by atoms with Gasteiger partial charge in [0.15, 0.2) is 0 Å². The summed E-state index contributed by atoms with van der Waals surface area (Å²) in [5.41, 5.74) is 1.86. The summed E-state index contributed by atoms with van der Waals surface area (Å²) >= 11 is 1.27. The van der Waals surface area contributed by atoms with Crippen molar-refractivity contribution >= 4 is 33.4 Å². The molecule has 0 fully saturated rings. The fraction of sp³-hybridized carbons (Fsp3) is 0.294. The monoisotopic (exact) mass is 379 g/mol. The van der Waals surface area contributed by atoms with E-state index in [2.05, 4.69) is 10.3 Å². The van der Waals surface area contributed by atoms with Gasteiger partial charge in [0.25, 0.3) is 0 Å². The zero-order valence-electron chi connectivity index (χ0n) is 14.6. The molecule has 0 unspecified atom stereocenters. The minimum Gasteiger partial charge on any atom is -0.325 e. The van der Waals surface area contributed by atoms with Gasteiger partial charge in [-0.15, -0.1) is 0 Å². The number of thioether (sulfide) groups is 1. The van der Waals surface area contributed by atoms with E-state index in [0.29, 0.717) is 5.03 Å². The Bertz CT molecular complexity index is 832. The quantitative estimate of drug-likeness (QED) is 0.781. The number of carbonyl (C=O) groups is 1. The molecule has 1 heterocycles. The van der Waals surface area contributed by atoms with Gasteiger partial charge in [-0.05, 0) is 38.1 Å². The molecule has 1 amide bonds. The van der Waals surface area contributed by atoms with Gasteiger partial charge in [-0.3, -0.25) is 4.79 Å². The van der Waals surface area contributed by atoms with Crippen LogP contribution in [0.25, 0.3) is 0 Å². The first-order chi connectivity index (χ1) is 11.7. The number of amides is 1. The Labute approximate surface area is 152 Å². The molecule has 1 aromatic carbocycles. The third-order valence-corrected chi connectivity index (χ3v) is 6.32. The van der Waals surface area contributed by atoms with Gasteiger partial charge in [-0.1, -0.05) is 29.5 Å². The summed E-state index contributed by atoms with van der Waals surface area (Å²) in [6, 6.07) is 10.7. The molecular weight excluding hydrogens is 358 g/mol. The van der Waals surface area contributed by atoms with Gasteiger partial charge in [-0.25, -0.2) is 17.7 Å². The highest BCUT2D eigenvalue weighted by molar-refractivity contribution is 8.00. The Morgan fingerprint density at radius 1 is 1.16 bits per heavy atom. The van der Waals surface area contributed by atoms with Crippen molar-refractivity contribution in [3.05, 3.63) is 48.2 Å². The average molecular weight is 380 g/mol. The maximum atomic E-state index is 12.3. The molecule has 0 aliphatic carbocycles. The van der Waals surface area contributed by atoms with Crippen molar-refractivity contribution in [3.8, 4) is 0 Å². The number of carbonyl (C=O) groups excluding carboxylic acids is 1. The van der Waals surface area contributed by atoms with Crippen molar-refractivity contribution in [1.29, 1.82) is 0 Å². The van der Waals surface area contributed by atoms with Crippen LogP contribution in [-0.2, 0) is 14.8 Å². The van der Waals surface area contributed by atoms with Crippen molar-refractivity contribution in [1.82, 2.24) is 9.29 Å². The number of benzene rings is 1. The summed E-state index contributed by atoms with van der Waals surface area (Å²) in [4.78, 5) is 16.5. The lowest BCUT2D eigenvalue weighted by Crippen LogP contribution is -2.23. The van der Waals surface area contributed by atoms with E-state index in [0.717, 1.165) is 15.6 Å². The van der Waals surface area contributed by atoms with Crippen LogP contribution in [0.15, 0.2) is 52.5 Å². The van der Waals surface area contributed by atoms with E-state index >= 15 is 0 Å². The number of hydrogen-bond donors (Lipinski definition) is 1. The third-order valence-electron chi connectivity index (χ3n) is 3.47. The second-order valence-corrected chi connectivity index (χ2v) is 9.25. The zero-order valence-corrected chi connectivity index (χ0v) is 16.2. The molecule has 1 aromatic heterocycles. The molecule has 0 aliphatic heterocycles. The molecule has 2 aromatic rings. The first-order valence-electron chi connectivity index (χ1n) is 7.63. The molecule has 6 nitrogen and oxygen atoms in total. The lowest BCUT2D eigenvalue weighted by atomic mass is 10.2. The number of nitrogens with zero attached hydrogens (tertiary/aromatic N) is 2. The van der Waals surface area contributed by atoms with Crippen LogP contribution in [0.2, 0.25) is 0 Å². The van der Waals surface area contributed by atoms with E-state index in [9.17, 15) is 13.2 Å². The van der Waals surface area contributed by atoms with Crippen molar-refractivity contribution in [2.45, 2.75) is 29.0 Å². The highest BCUT2D eigenvalue weighted by Crippen LogP contribution is 2.24. The molecule has 0 bridgehead atoms. The van der Waals surface area contributed by atoms with Crippen molar-refractivity contribution in [3.63, 3.8) is 0 Å². The van der Waals surface area contributed by atoms with Crippen LogP contribution in [0.4, 0.5) is 5.69 Å². The maximum Gasteiger partial charge on any atom is 0.244 e. The SMILES string of the molecule is Cc1ccc(NC(=O)[C@H](C)Sc2ccc(S(=O)(=O)N(C)C)cn2)cc1. The minimum absolute atomic E-state index is 0.124. The molecule has 2 rings (SSSR count). The predicted molar refractivity (Wildman–Crippen MR) is 100 cm³/mol. The molecular formula is C17H21N3O3S2. The molecule has 8 heteroatoms. The van der Waals surface area contributed by atoms with Crippen molar-refractivity contribution in [2.24, 2.45) is 0 Å². The van der Waals surface area contributed by atoms with Gasteiger partial charge in [-0.2, -0.15) is 0 Å². The Kier molecular flexibility index (Phi) is 6.21. The second-order valence-electron chi connectivity index (χ2n) is 5.73. The number of hydrogen-bond acceptors (Lipinski definition) is 5. The first kappa shape index (κ1) is 19.4. The zero-order chi connectivity index (χ0) is 18.6. The highest BCUT2D eigenvalue weighted by atomic mass is 32.2. The average Bonchev–Trinajstić information content (AvgIpc) is 2.57. The van der Waals surface area contributed by atoms with E-state index in [-0.39, 0.29) is 16.1 Å². The van der Waals surface area contributed by atoms with E-state index < -0.39 is 10.0 Å². The first-order valence-corrected chi connectivity index (χ1v) is 9.95. The van der Waals surface area contributed by atoms with Gasteiger partial charge in [0, 0.05) is 26.0 Å². The van der Waals surface area contributed by atoms with Crippen molar-refractivity contribution in [2.75, 3.05) is 19.4 Å². The second kappa shape index (κ2) is 7.99. The summed E-state index contributed by atoms with van der Waals surface area (Å²) in [5, 5.41) is 3.07. The number of aryl methyl sites for hydroxylation is 1. The van der Waals surface area contributed by atoms with Crippen LogP contribution < -0.4 is 5.32 Å². The third kappa shape index (κ3) is 5.04. The van der Waals surface area contributed by atoms with Gasteiger partial charge in [0.05, 0.1) is 10.3 Å². The van der Waals surface area contributed by atoms with Crippen LogP contribution in [0, 0.1) is 6.92 Å². The minimum atomic E-state index is -3.50. The molecule has 0 spiro atoms. The van der Waals surface area contributed by atoms with Gasteiger partial charge >= 0.3 is 0 Å². The Balaban J connectivity index is 2.01. The van der Waals surface area contributed by atoms with Crippen LogP contribution in [0.3, 0.4) is 0 Å². The van der Waals surface area contributed by atoms with E-state index in [4.69, 9.17) is 0 Å². The number of sulfonamides is 1. The Morgan fingerprint density at radius 2 is 1.80 bits per heavy atom. The lowest BCUT2D eigenvalue weighted by Gasteiger charge is -2.13. The van der Waals surface area contributed by atoms with E-state index in [1.807, 2.05) is 31.2 Å². The van der Waals surface area contributed by atoms with Crippen LogP contribution in [0.5, 0.6) is 0 Å². The van der Waals surface area contributed by atoms with Crippen LogP contribution in [0.1, 0.15) is 12.5 Å². The number of rotatable bonds is 6. The Hall–Kier alpha value is -1.90. The van der Waals surface area contributed by atoms with E-state index in [1.54, 1.807) is 13.0 Å². The summed E-state index contributed by atoms with van der Waals surface area (Å²) in [6.45, 7) is 3.76. The smallest absolute Gasteiger partial charge is 0.244 e. The summed E-state index contributed by atoms with van der Waals surface area (Å²) in [6.07, 6.45) is 1.31. The summed E-state index contributed by atoms with van der Waals surface area (Å²) in [5.74, 6) is -0.138. The normalized spacial score (nSPS) is 12.8. The summed E-state index contributed by atoms with van der Waals surface area (Å²) < 4.78 is 25.2. The van der Waals surface area contributed by atoms with Gasteiger partial charge < -0.3 is 5.32 Å². The maximum absolute atomic E-state index is 12.3. The molecule has 0 saturated heterocycles. The van der Waals surface area contributed by atoms with Crippen LogP contribution in [-0.4, -0.2) is 43.0 Å². The number of pyridine rings is 1. The largest absolute Gasteiger partial charge is 0.325 e. The van der Waals surface area contributed by atoms with Gasteiger partial charge in [0.2, 0.25) is 15.9 Å². The van der Waals surface area contributed by atoms with Crippen molar-refractivity contribution < 1.29 is 13.2 Å². The number of anilines is 1. The topological polar surface area (TPSA) is 79.4 Å². The Morgan fingerprint density at radius 3 is 2.32 bits per heavy atom. The predicted octanol–water partition coefficient (Wildman–Crippen LogP) is 2.76.